The number of halogens is 1. The summed E-state index contributed by atoms with van der Waals surface area (Å²) in [5, 5.41) is 9.37. The van der Waals surface area contributed by atoms with Crippen molar-refractivity contribution in [3.8, 4) is 5.75 Å². The van der Waals surface area contributed by atoms with Crippen LogP contribution in [0.2, 0.25) is 0 Å². The van der Waals surface area contributed by atoms with Gasteiger partial charge in [-0.3, -0.25) is 4.40 Å². The van der Waals surface area contributed by atoms with Gasteiger partial charge in [-0.1, -0.05) is 11.3 Å². The molecule has 0 aliphatic heterocycles. The number of rotatable bonds is 1. The van der Waals surface area contributed by atoms with Crippen molar-refractivity contribution in [1.82, 2.24) is 9.38 Å². The van der Waals surface area contributed by atoms with Gasteiger partial charge in [-0.15, -0.1) is 11.6 Å². The highest BCUT2D eigenvalue weighted by molar-refractivity contribution is 7.23. The summed E-state index contributed by atoms with van der Waals surface area (Å²) in [7, 11) is 0. The number of thiazole rings is 1. The molecule has 0 bridgehead atoms. The Hall–Kier alpha value is -1.26. The van der Waals surface area contributed by atoms with E-state index in [1.165, 1.54) is 0 Å². The van der Waals surface area contributed by atoms with Crippen LogP contribution in [-0.2, 0) is 5.88 Å². The standard InChI is InChI=1S/C10H7ClN2OS/c11-4-6-5-12-10-13(6)8-2-1-7(14)3-9(8)15-10/h1-3,5,14H,4H2. The molecule has 0 unspecified atom stereocenters. The molecule has 3 rings (SSSR count). The monoisotopic (exact) mass is 238 g/mol. The van der Waals surface area contributed by atoms with E-state index < -0.39 is 0 Å². The fourth-order valence-corrected chi connectivity index (χ4v) is 2.90. The van der Waals surface area contributed by atoms with Gasteiger partial charge < -0.3 is 5.11 Å². The van der Waals surface area contributed by atoms with Gasteiger partial charge in [0.15, 0.2) is 4.96 Å². The number of alkyl halides is 1. The van der Waals surface area contributed by atoms with Crippen molar-refractivity contribution in [2.24, 2.45) is 0 Å². The van der Waals surface area contributed by atoms with Crippen LogP contribution < -0.4 is 0 Å². The first-order chi connectivity index (χ1) is 7.29. The summed E-state index contributed by atoms with van der Waals surface area (Å²) in [4.78, 5) is 5.18. The normalized spacial score (nSPS) is 11.5. The third kappa shape index (κ3) is 1.22. The first-order valence-electron chi connectivity index (χ1n) is 4.43. The minimum absolute atomic E-state index is 0.277. The molecule has 0 aliphatic carbocycles. The van der Waals surface area contributed by atoms with E-state index in [0.717, 1.165) is 20.9 Å². The topological polar surface area (TPSA) is 37.5 Å². The number of hydrogen-bond acceptors (Lipinski definition) is 3. The SMILES string of the molecule is Oc1ccc2c(c1)sc1ncc(CCl)n12. The Kier molecular flexibility index (Phi) is 1.87. The second kappa shape index (κ2) is 3.12. The molecule has 0 amide bonds. The van der Waals surface area contributed by atoms with Crippen LogP contribution in [0.4, 0.5) is 0 Å². The van der Waals surface area contributed by atoms with Crippen molar-refractivity contribution < 1.29 is 5.11 Å². The number of hydrogen-bond donors (Lipinski definition) is 1. The largest absolute Gasteiger partial charge is 0.508 e. The summed E-state index contributed by atoms with van der Waals surface area (Å²) in [5.74, 6) is 0.716. The molecule has 0 spiro atoms. The Balaban J connectivity index is 2.49. The molecular formula is C10H7ClN2OS. The summed E-state index contributed by atoms with van der Waals surface area (Å²) in [5.41, 5.74) is 2.02. The second-order valence-corrected chi connectivity index (χ2v) is 4.53. The van der Waals surface area contributed by atoms with E-state index in [1.54, 1.807) is 29.7 Å². The number of fused-ring (bicyclic) bond motifs is 3. The molecule has 0 fully saturated rings. The van der Waals surface area contributed by atoms with Crippen molar-refractivity contribution in [3.05, 3.63) is 30.1 Å². The summed E-state index contributed by atoms with van der Waals surface area (Å²) >= 11 is 7.38. The minimum atomic E-state index is 0.277. The van der Waals surface area contributed by atoms with Gasteiger partial charge in [0.05, 0.1) is 28.0 Å². The maximum absolute atomic E-state index is 9.37. The highest BCUT2D eigenvalue weighted by Gasteiger charge is 2.09. The predicted molar refractivity (Wildman–Crippen MR) is 61.8 cm³/mol. The number of aromatic nitrogens is 2. The van der Waals surface area contributed by atoms with Gasteiger partial charge in [0.1, 0.15) is 5.75 Å². The minimum Gasteiger partial charge on any atom is -0.508 e. The van der Waals surface area contributed by atoms with E-state index in [4.69, 9.17) is 11.6 Å². The molecule has 1 N–H and O–H groups in total. The Morgan fingerprint density at radius 2 is 2.33 bits per heavy atom. The molecule has 2 heterocycles. The fourth-order valence-electron chi connectivity index (χ4n) is 1.66. The zero-order valence-electron chi connectivity index (χ0n) is 7.64. The molecule has 0 aliphatic rings. The quantitative estimate of drug-likeness (QED) is 0.662. The fraction of sp³-hybridized carbons (Fsp3) is 0.100. The number of imidazole rings is 1. The van der Waals surface area contributed by atoms with Crippen molar-refractivity contribution >= 4 is 38.1 Å². The van der Waals surface area contributed by atoms with E-state index in [2.05, 4.69) is 4.98 Å². The van der Waals surface area contributed by atoms with Gasteiger partial charge in [0, 0.05) is 0 Å². The summed E-state index contributed by atoms with van der Waals surface area (Å²) in [6.07, 6.45) is 1.78. The highest BCUT2D eigenvalue weighted by Crippen LogP contribution is 2.30. The molecule has 3 nitrogen and oxygen atoms in total. The summed E-state index contributed by atoms with van der Waals surface area (Å²) in [6.45, 7) is 0. The number of phenolic OH excluding ortho intramolecular Hbond substituents is 1. The molecule has 1 aromatic carbocycles. The zero-order chi connectivity index (χ0) is 10.4. The van der Waals surface area contributed by atoms with Gasteiger partial charge in [-0.05, 0) is 18.2 Å². The molecule has 2 aromatic heterocycles. The van der Waals surface area contributed by atoms with Gasteiger partial charge >= 0.3 is 0 Å². The van der Waals surface area contributed by atoms with E-state index in [1.807, 2.05) is 10.5 Å². The van der Waals surface area contributed by atoms with Crippen LogP contribution in [0, 0.1) is 0 Å². The Bertz CT molecular complexity index is 643. The number of nitrogens with zero attached hydrogens (tertiary/aromatic N) is 2. The zero-order valence-corrected chi connectivity index (χ0v) is 9.22. The first kappa shape index (κ1) is 9.00. The van der Waals surface area contributed by atoms with Crippen molar-refractivity contribution in [2.75, 3.05) is 0 Å². The first-order valence-corrected chi connectivity index (χ1v) is 5.78. The van der Waals surface area contributed by atoms with E-state index in [-0.39, 0.29) is 5.75 Å². The molecular weight excluding hydrogens is 232 g/mol. The second-order valence-electron chi connectivity index (χ2n) is 3.26. The number of phenols is 1. The van der Waals surface area contributed by atoms with E-state index >= 15 is 0 Å². The van der Waals surface area contributed by atoms with Crippen molar-refractivity contribution in [2.45, 2.75) is 5.88 Å². The molecule has 5 heteroatoms. The van der Waals surface area contributed by atoms with Crippen LogP contribution in [0.25, 0.3) is 15.2 Å². The lowest BCUT2D eigenvalue weighted by molar-refractivity contribution is 0.476. The van der Waals surface area contributed by atoms with Crippen molar-refractivity contribution in [1.29, 1.82) is 0 Å². The smallest absolute Gasteiger partial charge is 0.194 e. The van der Waals surface area contributed by atoms with Crippen LogP contribution in [0.5, 0.6) is 5.75 Å². The average molecular weight is 239 g/mol. The lowest BCUT2D eigenvalue weighted by Gasteiger charge is -1.95. The van der Waals surface area contributed by atoms with Gasteiger partial charge in [-0.2, -0.15) is 0 Å². The van der Waals surface area contributed by atoms with Crippen LogP contribution in [0.1, 0.15) is 5.69 Å². The predicted octanol–water partition coefficient (Wildman–Crippen LogP) is 2.99. The van der Waals surface area contributed by atoms with Gasteiger partial charge in [0.25, 0.3) is 0 Å². The maximum atomic E-state index is 9.37. The summed E-state index contributed by atoms with van der Waals surface area (Å²) in [6, 6.07) is 5.30. The molecule has 0 saturated heterocycles. The van der Waals surface area contributed by atoms with Crippen molar-refractivity contribution in [3.63, 3.8) is 0 Å². The molecule has 0 saturated carbocycles. The molecule has 15 heavy (non-hydrogen) atoms. The van der Waals surface area contributed by atoms with Crippen LogP contribution >= 0.6 is 22.9 Å². The molecule has 0 atom stereocenters. The van der Waals surface area contributed by atoms with Crippen LogP contribution in [0.15, 0.2) is 24.4 Å². The molecule has 3 aromatic rings. The lowest BCUT2D eigenvalue weighted by Crippen LogP contribution is -1.85. The average Bonchev–Trinajstić information content (AvgIpc) is 2.74. The van der Waals surface area contributed by atoms with E-state index in [0.29, 0.717) is 5.88 Å². The Labute approximate surface area is 94.6 Å². The number of benzene rings is 1. The number of aromatic hydroxyl groups is 1. The van der Waals surface area contributed by atoms with E-state index in [9.17, 15) is 5.11 Å². The van der Waals surface area contributed by atoms with Gasteiger partial charge in [0.2, 0.25) is 0 Å². The van der Waals surface area contributed by atoms with Gasteiger partial charge in [-0.25, -0.2) is 4.98 Å². The van der Waals surface area contributed by atoms with Crippen LogP contribution in [0.3, 0.4) is 0 Å². The Morgan fingerprint density at radius 1 is 1.47 bits per heavy atom. The third-order valence-corrected chi connectivity index (χ3v) is 3.62. The third-order valence-electron chi connectivity index (χ3n) is 2.32. The summed E-state index contributed by atoms with van der Waals surface area (Å²) < 4.78 is 3.04. The Morgan fingerprint density at radius 3 is 3.13 bits per heavy atom. The van der Waals surface area contributed by atoms with Crippen LogP contribution in [-0.4, -0.2) is 14.5 Å². The molecule has 0 radical (unpaired) electrons. The highest BCUT2D eigenvalue weighted by atomic mass is 35.5. The molecule has 76 valence electrons. The lowest BCUT2D eigenvalue weighted by atomic mass is 10.3. The maximum Gasteiger partial charge on any atom is 0.194 e.